The summed E-state index contributed by atoms with van der Waals surface area (Å²) in [4.78, 5) is 31.4. The van der Waals surface area contributed by atoms with Crippen molar-refractivity contribution in [2.45, 2.75) is 25.0 Å². The van der Waals surface area contributed by atoms with Gasteiger partial charge in [-0.2, -0.15) is 0 Å². The lowest BCUT2D eigenvalue weighted by atomic mass is 10.2. The highest BCUT2D eigenvalue weighted by molar-refractivity contribution is 7.99. The largest absolute Gasteiger partial charge is 0.309 e. The number of amides is 1. The number of para-hydroxylation sites is 1. The van der Waals surface area contributed by atoms with Crippen LogP contribution in [0.25, 0.3) is 10.2 Å². The first-order valence-corrected chi connectivity index (χ1v) is 9.79. The van der Waals surface area contributed by atoms with Crippen LogP contribution in [0.3, 0.4) is 0 Å². The molecular formula is C18H19N3O2S2. The molecule has 0 fully saturated rings. The summed E-state index contributed by atoms with van der Waals surface area (Å²) in [6.45, 7) is 3.97. The van der Waals surface area contributed by atoms with Crippen molar-refractivity contribution in [3.63, 3.8) is 0 Å². The van der Waals surface area contributed by atoms with Gasteiger partial charge in [-0.25, -0.2) is 4.98 Å². The van der Waals surface area contributed by atoms with Gasteiger partial charge in [0.05, 0.1) is 11.3 Å². The quantitative estimate of drug-likeness (QED) is 0.507. The second-order valence-corrected chi connectivity index (χ2v) is 7.73. The average Bonchev–Trinajstić information content (AvgIpc) is 3.06. The van der Waals surface area contributed by atoms with E-state index in [-0.39, 0.29) is 23.3 Å². The highest BCUT2D eigenvalue weighted by Gasteiger charge is 2.20. The molecule has 1 amide bonds. The van der Waals surface area contributed by atoms with E-state index in [1.807, 2.05) is 55.6 Å². The van der Waals surface area contributed by atoms with Crippen LogP contribution in [0.5, 0.6) is 0 Å². The van der Waals surface area contributed by atoms with Crippen molar-refractivity contribution in [2.75, 3.05) is 10.7 Å². The van der Waals surface area contributed by atoms with Gasteiger partial charge in [-0.05, 0) is 37.4 Å². The number of nitrogens with zero attached hydrogens (tertiary/aromatic N) is 3. The number of carbonyl (C=O) groups is 1. The molecule has 130 valence electrons. The third-order valence-electron chi connectivity index (χ3n) is 3.79. The van der Waals surface area contributed by atoms with Crippen LogP contribution in [-0.2, 0) is 11.8 Å². The van der Waals surface area contributed by atoms with Crippen LogP contribution in [-0.4, -0.2) is 27.3 Å². The Morgan fingerprint density at radius 3 is 2.68 bits per heavy atom. The van der Waals surface area contributed by atoms with Crippen LogP contribution < -0.4 is 10.5 Å². The molecule has 0 radical (unpaired) electrons. The van der Waals surface area contributed by atoms with E-state index in [4.69, 9.17) is 0 Å². The lowest BCUT2D eigenvalue weighted by Gasteiger charge is -2.26. The van der Waals surface area contributed by atoms with E-state index in [9.17, 15) is 9.59 Å². The van der Waals surface area contributed by atoms with Crippen LogP contribution >= 0.6 is 23.1 Å². The first-order valence-electron chi connectivity index (χ1n) is 7.93. The number of thiophene rings is 1. The summed E-state index contributed by atoms with van der Waals surface area (Å²) < 4.78 is 2.16. The second kappa shape index (κ2) is 7.41. The minimum atomic E-state index is -0.0706. The summed E-state index contributed by atoms with van der Waals surface area (Å²) in [5.41, 5.74) is 1.49. The Hall–Kier alpha value is -2.12. The molecule has 0 spiro atoms. The predicted octanol–water partition coefficient (Wildman–Crippen LogP) is 3.53. The molecule has 0 saturated carbocycles. The molecule has 0 aliphatic heterocycles. The number of aromatic nitrogens is 2. The molecule has 7 heteroatoms. The molecule has 2 aromatic heterocycles. The Kier molecular flexibility index (Phi) is 5.24. The summed E-state index contributed by atoms with van der Waals surface area (Å²) in [7, 11) is 1.69. The van der Waals surface area contributed by atoms with Crippen LogP contribution in [0.15, 0.2) is 51.7 Å². The molecule has 1 aromatic carbocycles. The lowest BCUT2D eigenvalue weighted by Crippen LogP contribution is -2.38. The molecule has 2 heterocycles. The summed E-state index contributed by atoms with van der Waals surface area (Å²) >= 11 is 2.68. The zero-order valence-corrected chi connectivity index (χ0v) is 15.9. The van der Waals surface area contributed by atoms with E-state index in [0.29, 0.717) is 15.4 Å². The molecule has 5 nitrogen and oxygen atoms in total. The molecule has 25 heavy (non-hydrogen) atoms. The van der Waals surface area contributed by atoms with Gasteiger partial charge in [0.15, 0.2) is 5.16 Å². The lowest BCUT2D eigenvalue weighted by molar-refractivity contribution is -0.116. The van der Waals surface area contributed by atoms with Crippen molar-refractivity contribution in [1.29, 1.82) is 0 Å². The Labute approximate surface area is 154 Å². The highest BCUT2D eigenvalue weighted by atomic mass is 32.2. The third-order valence-corrected chi connectivity index (χ3v) is 5.70. The maximum Gasteiger partial charge on any atom is 0.271 e. The van der Waals surface area contributed by atoms with E-state index in [0.717, 1.165) is 5.69 Å². The fourth-order valence-corrected chi connectivity index (χ4v) is 4.25. The van der Waals surface area contributed by atoms with E-state index in [2.05, 4.69) is 4.98 Å². The molecule has 3 aromatic rings. The maximum absolute atomic E-state index is 12.8. The van der Waals surface area contributed by atoms with Crippen molar-refractivity contribution in [2.24, 2.45) is 7.05 Å². The van der Waals surface area contributed by atoms with E-state index >= 15 is 0 Å². The van der Waals surface area contributed by atoms with E-state index in [1.54, 1.807) is 11.9 Å². The van der Waals surface area contributed by atoms with E-state index in [1.165, 1.54) is 27.7 Å². The smallest absolute Gasteiger partial charge is 0.271 e. The number of carbonyl (C=O) groups excluding carboxylic acids is 1. The molecule has 0 aliphatic carbocycles. The van der Waals surface area contributed by atoms with Gasteiger partial charge in [0.2, 0.25) is 5.91 Å². The van der Waals surface area contributed by atoms with Crippen molar-refractivity contribution < 1.29 is 4.79 Å². The average molecular weight is 374 g/mol. The summed E-state index contributed by atoms with van der Waals surface area (Å²) in [5.74, 6) is 0.217. The number of anilines is 1. The Morgan fingerprint density at radius 2 is 2.00 bits per heavy atom. The van der Waals surface area contributed by atoms with Gasteiger partial charge in [0, 0.05) is 18.8 Å². The molecule has 0 saturated heterocycles. The summed E-state index contributed by atoms with van der Waals surface area (Å²) in [6.07, 6.45) is 0. The van der Waals surface area contributed by atoms with Gasteiger partial charge < -0.3 is 4.90 Å². The standard InChI is InChI=1S/C18H19N3O2S2/c1-12(2)21(13-7-5-4-6-8-13)15(22)11-25-18-19-14-9-10-24-16(14)17(23)20(18)3/h4-10,12H,11H2,1-3H3. The van der Waals surface area contributed by atoms with Crippen LogP contribution in [0.1, 0.15) is 13.8 Å². The Balaban J connectivity index is 1.82. The first kappa shape index (κ1) is 17.7. The van der Waals surface area contributed by atoms with Crippen LogP contribution in [0, 0.1) is 0 Å². The minimum absolute atomic E-state index is 0.00846. The predicted molar refractivity (Wildman–Crippen MR) is 105 cm³/mol. The van der Waals surface area contributed by atoms with Gasteiger partial charge in [-0.15, -0.1) is 11.3 Å². The number of thioether (sulfide) groups is 1. The number of hydrogen-bond donors (Lipinski definition) is 0. The maximum atomic E-state index is 12.8. The van der Waals surface area contributed by atoms with Crippen molar-refractivity contribution in [3.05, 3.63) is 52.1 Å². The fourth-order valence-electron chi connectivity index (χ4n) is 2.61. The summed E-state index contributed by atoms with van der Waals surface area (Å²) in [6, 6.07) is 11.5. The molecular weight excluding hydrogens is 354 g/mol. The minimum Gasteiger partial charge on any atom is -0.309 e. The van der Waals surface area contributed by atoms with E-state index < -0.39 is 0 Å². The fraction of sp³-hybridized carbons (Fsp3) is 0.278. The first-order chi connectivity index (χ1) is 12.0. The number of fused-ring (bicyclic) bond motifs is 1. The van der Waals surface area contributed by atoms with Gasteiger partial charge >= 0.3 is 0 Å². The molecule has 0 atom stereocenters. The van der Waals surface area contributed by atoms with Crippen molar-refractivity contribution in [1.82, 2.24) is 9.55 Å². The third kappa shape index (κ3) is 3.62. The number of hydrogen-bond acceptors (Lipinski definition) is 5. The number of rotatable bonds is 5. The summed E-state index contributed by atoms with van der Waals surface area (Å²) in [5, 5.41) is 2.41. The topological polar surface area (TPSA) is 55.2 Å². The molecule has 0 unspecified atom stereocenters. The van der Waals surface area contributed by atoms with Crippen molar-refractivity contribution in [3.8, 4) is 0 Å². The molecule has 3 rings (SSSR count). The molecule has 0 aliphatic rings. The van der Waals surface area contributed by atoms with Crippen molar-refractivity contribution >= 4 is 44.9 Å². The Morgan fingerprint density at radius 1 is 1.28 bits per heavy atom. The van der Waals surface area contributed by atoms with Gasteiger partial charge in [0.1, 0.15) is 4.70 Å². The zero-order valence-electron chi connectivity index (χ0n) is 14.3. The monoisotopic (exact) mass is 373 g/mol. The highest BCUT2D eigenvalue weighted by Crippen LogP contribution is 2.22. The number of benzene rings is 1. The van der Waals surface area contributed by atoms with Gasteiger partial charge in [0.25, 0.3) is 5.56 Å². The van der Waals surface area contributed by atoms with Gasteiger partial charge in [-0.3, -0.25) is 14.2 Å². The second-order valence-electron chi connectivity index (χ2n) is 5.88. The molecule has 0 N–H and O–H groups in total. The normalized spacial score (nSPS) is 11.2. The Bertz CT molecular complexity index is 948. The van der Waals surface area contributed by atoms with Crippen LogP contribution in [0.2, 0.25) is 0 Å². The van der Waals surface area contributed by atoms with Crippen LogP contribution in [0.4, 0.5) is 5.69 Å². The zero-order chi connectivity index (χ0) is 18.0. The molecule has 0 bridgehead atoms. The van der Waals surface area contributed by atoms with Gasteiger partial charge in [-0.1, -0.05) is 30.0 Å². The SMILES string of the molecule is CC(C)N(C(=O)CSc1nc2ccsc2c(=O)n1C)c1ccccc1.